The zero-order chi connectivity index (χ0) is 18.3. The number of nitrogens with one attached hydrogen (secondary N) is 1. The van der Waals surface area contributed by atoms with Crippen LogP contribution in [0.1, 0.15) is 90.0 Å². The van der Waals surface area contributed by atoms with Crippen molar-refractivity contribution in [3.05, 3.63) is 29.8 Å². The average Bonchev–Trinajstić information content (AvgIpc) is 2.63. The van der Waals surface area contributed by atoms with Crippen LogP contribution in [0.25, 0.3) is 0 Å². The number of hydrogen-bond acceptors (Lipinski definition) is 2. The Kier molecular flexibility index (Phi) is 12.0. The van der Waals surface area contributed by atoms with Crippen LogP contribution in [0.5, 0.6) is 0 Å². The second-order valence-corrected chi connectivity index (χ2v) is 7.04. The van der Waals surface area contributed by atoms with Crippen molar-refractivity contribution in [1.29, 1.82) is 0 Å². The van der Waals surface area contributed by atoms with Gasteiger partial charge in [-0.2, -0.15) is 0 Å². The van der Waals surface area contributed by atoms with Crippen LogP contribution in [0.15, 0.2) is 24.3 Å². The Bertz CT molecular complexity index is 456. The molecule has 1 atom stereocenters. The summed E-state index contributed by atoms with van der Waals surface area (Å²) in [6, 6.07) is 7.99. The Hall–Kier alpha value is -1.35. The number of carbonyl (C=O) groups excluding carboxylic acids is 1. The summed E-state index contributed by atoms with van der Waals surface area (Å²) in [5, 5.41) is 12.2. The third kappa shape index (κ3) is 10.3. The van der Waals surface area contributed by atoms with Gasteiger partial charge in [0.2, 0.25) is 0 Å². The maximum atomic E-state index is 11.6. The van der Waals surface area contributed by atoms with E-state index in [1.807, 2.05) is 12.1 Å². The molecule has 0 saturated heterocycles. The number of hydrogen-bond donors (Lipinski definition) is 2. The molecule has 0 fully saturated rings. The molecule has 3 heteroatoms. The lowest BCUT2D eigenvalue weighted by Gasteiger charge is -2.10. The van der Waals surface area contributed by atoms with Crippen LogP contribution in [-0.2, 0) is 11.2 Å². The molecule has 142 valence electrons. The standard InChI is InChI=1S/C22H37NO2/c1-3-5-6-7-8-9-10-11-12-13-14-19-15-17-20(18-16-19)23-22(25)21(24)4-2/h15-18,21,24H,3-14H2,1-2H3,(H,23,25). The highest BCUT2D eigenvalue weighted by Crippen LogP contribution is 2.15. The van der Waals surface area contributed by atoms with Crippen molar-refractivity contribution >= 4 is 11.6 Å². The van der Waals surface area contributed by atoms with Gasteiger partial charge in [0.15, 0.2) is 0 Å². The smallest absolute Gasteiger partial charge is 0.253 e. The van der Waals surface area contributed by atoms with E-state index in [4.69, 9.17) is 0 Å². The zero-order valence-corrected chi connectivity index (χ0v) is 16.2. The van der Waals surface area contributed by atoms with E-state index in [1.54, 1.807) is 6.92 Å². The third-order valence-corrected chi connectivity index (χ3v) is 4.73. The average molecular weight is 348 g/mol. The molecule has 1 rings (SSSR count). The van der Waals surface area contributed by atoms with Crippen molar-refractivity contribution < 1.29 is 9.90 Å². The molecule has 0 aromatic heterocycles. The normalized spacial score (nSPS) is 12.1. The summed E-state index contributed by atoms with van der Waals surface area (Å²) in [6.07, 6.45) is 14.2. The Balaban J connectivity index is 2.09. The fourth-order valence-corrected chi connectivity index (χ4v) is 2.98. The number of anilines is 1. The van der Waals surface area contributed by atoms with Crippen LogP contribution in [0.2, 0.25) is 0 Å². The zero-order valence-electron chi connectivity index (χ0n) is 16.2. The van der Waals surface area contributed by atoms with E-state index in [0.29, 0.717) is 6.42 Å². The summed E-state index contributed by atoms with van der Waals surface area (Å²) >= 11 is 0. The lowest BCUT2D eigenvalue weighted by atomic mass is 10.0. The van der Waals surface area contributed by atoms with Gasteiger partial charge in [0.05, 0.1) is 0 Å². The molecule has 2 N–H and O–H groups in total. The fourth-order valence-electron chi connectivity index (χ4n) is 2.98. The van der Waals surface area contributed by atoms with Crippen LogP contribution in [0.4, 0.5) is 5.69 Å². The number of aryl methyl sites for hydroxylation is 1. The van der Waals surface area contributed by atoms with Crippen molar-refractivity contribution in [2.24, 2.45) is 0 Å². The van der Waals surface area contributed by atoms with Crippen molar-refractivity contribution in [2.75, 3.05) is 5.32 Å². The van der Waals surface area contributed by atoms with Crippen molar-refractivity contribution in [3.63, 3.8) is 0 Å². The van der Waals surface area contributed by atoms with E-state index in [2.05, 4.69) is 24.4 Å². The fraction of sp³-hybridized carbons (Fsp3) is 0.682. The summed E-state index contributed by atoms with van der Waals surface area (Å²) < 4.78 is 0. The quantitative estimate of drug-likeness (QED) is 0.414. The van der Waals surface area contributed by atoms with E-state index in [9.17, 15) is 9.90 Å². The van der Waals surface area contributed by atoms with E-state index in [-0.39, 0.29) is 5.91 Å². The predicted molar refractivity (Wildman–Crippen MR) is 107 cm³/mol. The second kappa shape index (κ2) is 13.9. The monoisotopic (exact) mass is 347 g/mol. The summed E-state index contributed by atoms with van der Waals surface area (Å²) in [5.41, 5.74) is 2.07. The van der Waals surface area contributed by atoms with Gasteiger partial charge in [-0.15, -0.1) is 0 Å². The van der Waals surface area contributed by atoms with Gasteiger partial charge in [-0.05, 0) is 37.0 Å². The van der Waals surface area contributed by atoms with Crippen molar-refractivity contribution in [1.82, 2.24) is 0 Å². The van der Waals surface area contributed by atoms with Gasteiger partial charge in [-0.1, -0.05) is 83.8 Å². The molecule has 1 aromatic rings. The SMILES string of the molecule is CCCCCCCCCCCCc1ccc(NC(=O)C(O)CC)cc1. The minimum Gasteiger partial charge on any atom is -0.383 e. The molecular formula is C22H37NO2. The van der Waals surface area contributed by atoms with Gasteiger partial charge in [-0.25, -0.2) is 0 Å². The molecule has 1 amide bonds. The molecule has 0 heterocycles. The number of rotatable bonds is 14. The lowest BCUT2D eigenvalue weighted by Crippen LogP contribution is -2.26. The number of benzene rings is 1. The number of carbonyl (C=O) groups is 1. The van der Waals surface area contributed by atoms with Gasteiger partial charge >= 0.3 is 0 Å². The van der Waals surface area contributed by atoms with Crippen LogP contribution in [-0.4, -0.2) is 17.1 Å². The Morgan fingerprint density at radius 2 is 1.40 bits per heavy atom. The topological polar surface area (TPSA) is 49.3 Å². The van der Waals surface area contributed by atoms with Crippen LogP contribution >= 0.6 is 0 Å². The van der Waals surface area contributed by atoms with E-state index in [1.165, 1.54) is 69.8 Å². The first-order valence-corrected chi connectivity index (χ1v) is 10.2. The first-order chi connectivity index (χ1) is 12.2. The Morgan fingerprint density at radius 3 is 1.92 bits per heavy atom. The summed E-state index contributed by atoms with van der Waals surface area (Å²) in [6.45, 7) is 4.06. The number of aliphatic hydroxyl groups is 1. The molecule has 0 aliphatic carbocycles. The molecule has 0 spiro atoms. The van der Waals surface area contributed by atoms with Gasteiger partial charge in [0.1, 0.15) is 6.10 Å². The van der Waals surface area contributed by atoms with Gasteiger partial charge < -0.3 is 10.4 Å². The number of amides is 1. The van der Waals surface area contributed by atoms with Crippen LogP contribution in [0, 0.1) is 0 Å². The van der Waals surface area contributed by atoms with Gasteiger partial charge in [0, 0.05) is 5.69 Å². The molecule has 0 aliphatic rings. The maximum Gasteiger partial charge on any atom is 0.253 e. The largest absolute Gasteiger partial charge is 0.383 e. The highest BCUT2D eigenvalue weighted by Gasteiger charge is 2.11. The van der Waals surface area contributed by atoms with E-state index in [0.717, 1.165) is 12.1 Å². The van der Waals surface area contributed by atoms with E-state index >= 15 is 0 Å². The third-order valence-electron chi connectivity index (χ3n) is 4.73. The molecule has 0 radical (unpaired) electrons. The highest BCUT2D eigenvalue weighted by molar-refractivity contribution is 5.93. The van der Waals surface area contributed by atoms with Gasteiger partial charge in [0.25, 0.3) is 5.91 Å². The molecule has 3 nitrogen and oxygen atoms in total. The summed E-state index contributed by atoms with van der Waals surface area (Å²) in [7, 11) is 0. The molecule has 0 aliphatic heterocycles. The lowest BCUT2D eigenvalue weighted by molar-refractivity contribution is -0.124. The predicted octanol–water partition coefficient (Wildman–Crippen LogP) is 5.86. The maximum absolute atomic E-state index is 11.6. The summed E-state index contributed by atoms with van der Waals surface area (Å²) in [5.74, 6) is -0.329. The molecule has 0 bridgehead atoms. The Morgan fingerprint density at radius 1 is 0.880 bits per heavy atom. The highest BCUT2D eigenvalue weighted by atomic mass is 16.3. The molecule has 25 heavy (non-hydrogen) atoms. The van der Waals surface area contributed by atoms with Crippen LogP contribution in [0.3, 0.4) is 0 Å². The summed E-state index contributed by atoms with van der Waals surface area (Å²) in [4.78, 5) is 11.6. The number of unbranched alkanes of at least 4 members (excludes halogenated alkanes) is 9. The molecule has 1 aromatic carbocycles. The molecule has 0 saturated carbocycles. The minimum absolute atomic E-state index is 0.329. The van der Waals surface area contributed by atoms with Gasteiger partial charge in [-0.3, -0.25) is 4.79 Å². The van der Waals surface area contributed by atoms with Crippen molar-refractivity contribution in [2.45, 2.75) is 97.0 Å². The van der Waals surface area contributed by atoms with Crippen LogP contribution < -0.4 is 5.32 Å². The Labute approximate surface area is 154 Å². The minimum atomic E-state index is -0.925. The first kappa shape index (κ1) is 21.7. The number of aliphatic hydroxyl groups excluding tert-OH is 1. The molecule has 1 unspecified atom stereocenters. The van der Waals surface area contributed by atoms with Crippen molar-refractivity contribution in [3.8, 4) is 0 Å². The van der Waals surface area contributed by atoms with E-state index < -0.39 is 6.10 Å². The second-order valence-electron chi connectivity index (χ2n) is 7.04. The first-order valence-electron chi connectivity index (χ1n) is 10.2. The molecular weight excluding hydrogens is 310 g/mol.